The number of methoxy groups -OCH3 is 2. The molecule has 0 amide bonds. The van der Waals surface area contributed by atoms with Gasteiger partial charge in [-0.3, -0.25) is 0 Å². The summed E-state index contributed by atoms with van der Waals surface area (Å²) in [6.45, 7) is 2.89. The van der Waals surface area contributed by atoms with Crippen LogP contribution in [0.25, 0.3) is 0 Å². The first kappa shape index (κ1) is 19.9. The molecule has 2 aromatic heterocycles. The molecule has 2 aromatic rings. The first-order valence-corrected chi connectivity index (χ1v) is 10.5. The highest BCUT2D eigenvalue weighted by molar-refractivity contribution is 8.00. The van der Waals surface area contributed by atoms with E-state index in [4.69, 9.17) is 19.9 Å². The number of nitrogens with two attached hydrogens (primary N) is 1. The molecule has 3 rings (SSSR count). The average Bonchev–Trinajstić information content (AvgIpc) is 3.30. The molecule has 0 spiro atoms. The number of carbonyl (C=O) groups excluding carboxylic acids is 2. The van der Waals surface area contributed by atoms with E-state index in [1.165, 1.54) is 37.3 Å². The third kappa shape index (κ3) is 4.34. The molecule has 2 N–H and O–H groups in total. The molecule has 0 aromatic carbocycles. The predicted molar refractivity (Wildman–Crippen MR) is 104 cm³/mol. The lowest BCUT2D eigenvalue weighted by Gasteiger charge is -2.25. The summed E-state index contributed by atoms with van der Waals surface area (Å²) < 4.78 is 15.7. The minimum Gasteiger partial charge on any atom is -0.465 e. The van der Waals surface area contributed by atoms with Crippen LogP contribution in [0.3, 0.4) is 0 Å². The van der Waals surface area contributed by atoms with Gasteiger partial charge in [-0.1, -0.05) is 23.1 Å². The molecule has 1 saturated heterocycles. The molecule has 1 aliphatic heterocycles. The van der Waals surface area contributed by atoms with E-state index in [1.54, 1.807) is 0 Å². The Morgan fingerprint density at radius 2 is 1.89 bits per heavy atom. The van der Waals surface area contributed by atoms with Gasteiger partial charge in [0.05, 0.1) is 33.0 Å². The van der Waals surface area contributed by atoms with E-state index in [2.05, 4.69) is 15.1 Å². The Hall–Kier alpha value is -1.89. The van der Waals surface area contributed by atoms with Crippen LogP contribution in [0.4, 0.5) is 10.1 Å². The van der Waals surface area contributed by atoms with E-state index in [1.807, 2.05) is 0 Å². The average molecular weight is 431 g/mol. The summed E-state index contributed by atoms with van der Waals surface area (Å²) in [5, 5.41) is 9.46. The maximum Gasteiger partial charge on any atom is 0.348 e. The third-order valence-electron chi connectivity index (χ3n) is 3.81. The van der Waals surface area contributed by atoms with Crippen molar-refractivity contribution in [2.24, 2.45) is 0 Å². The van der Waals surface area contributed by atoms with Crippen molar-refractivity contribution < 1.29 is 23.8 Å². The Balaban J connectivity index is 1.79. The van der Waals surface area contributed by atoms with Crippen molar-refractivity contribution in [1.29, 1.82) is 0 Å². The molecule has 27 heavy (non-hydrogen) atoms. The van der Waals surface area contributed by atoms with Crippen molar-refractivity contribution in [3.8, 4) is 0 Å². The fourth-order valence-electron chi connectivity index (χ4n) is 2.48. The highest BCUT2D eigenvalue weighted by atomic mass is 32.2. The first-order chi connectivity index (χ1) is 13.0. The molecule has 0 unspecified atom stereocenters. The monoisotopic (exact) mass is 430 g/mol. The highest BCUT2D eigenvalue weighted by Gasteiger charge is 2.27. The van der Waals surface area contributed by atoms with E-state index >= 15 is 0 Å². The number of thiophene rings is 1. The molecule has 0 saturated carbocycles. The number of thioether (sulfide) groups is 1. The summed E-state index contributed by atoms with van der Waals surface area (Å²) in [5.74, 6) is -0.801. The van der Waals surface area contributed by atoms with Crippen LogP contribution in [-0.2, 0) is 20.0 Å². The lowest BCUT2D eigenvalue weighted by atomic mass is 10.1. The van der Waals surface area contributed by atoms with E-state index in [9.17, 15) is 9.59 Å². The van der Waals surface area contributed by atoms with Crippen LogP contribution in [0.5, 0.6) is 0 Å². The number of ether oxygens (including phenoxy) is 3. The summed E-state index contributed by atoms with van der Waals surface area (Å²) in [5.41, 5.74) is 6.63. The molecule has 9 nitrogen and oxygen atoms in total. The topological polar surface area (TPSA) is 117 Å². The maximum atomic E-state index is 12.1. The van der Waals surface area contributed by atoms with Gasteiger partial charge in [-0.2, -0.15) is 0 Å². The number of morpholine rings is 1. The first-order valence-electron chi connectivity index (χ1n) is 7.92. The third-order valence-corrected chi connectivity index (χ3v) is 7.00. The lowest BCUT2D eigenvalue weighted by molar-refractivity contribution is 0.0601. The normalized spacial score (nSPS) is 14.2. The number of carbonyl (C=O) groups is 2. The molecule has 0 radical (unpaired) electrons. The minimum absolute atomic E-state index is 0.202. The van der Waals surface area contributed by atoms with Crippen LogP contribution in [0.2, 0.25) is 0 Å². The lowest BCUT2D eigenvalue weighted by Crippen LogP contribution is -2.36. The molecule has 3 heterocycles. The Morgan fingerprint density at radius 3 is 2.56 bits per heavy atom. The smallest absolute Gasteiger partial charge is 0.348 e. The summed E-state index contributed by atoms with van der Waals surface area (Å²) in [6, 6.07) is 0. The number of hydrogen-bond acceptors (Lipinski definition) is 12. The Kier molecular flexibility index (Phi) is 6.52. The van der Waals surface area contributed by atoms with Gasteiger partial charge in [-0.25, -0.2) is 9.59 Å². The number of nitrogen functional groups attached to an aromatic ring is 1. The Bertz CT molecular complexity index is 832. The van der Waals surface area contributed by atoms with Gasteiger partial charge in [-0.05, 0) is 0 Å². The van der Waals surface area contributed by atoms with Crippen LogP contribution in [0.15, 0.2) is 4.34 Å². The zero-order chi connectivity index (χ0) is 19.4. The molecular weight excluding hydrogens is 412 g/mol. The molecule has 146 valence electrons. The van der Waals surface area contributed by atoms with Gasteiger partial charge in [0.2, 0.25) is 5.13 Å². The molecular formula is C15H18N4O5S3. The molecule has 1 aliphatic rings. The quantitative estimate of drug-likeness (QED) is 0.538. The number of hydrogen-bond donors (Lipinski definition) is 1. The van der Waals surface area contributed by atoms with E-state index in [0.717, 1.165) is 33.9 Å². The zero-order valence-electron chi connectivity index (χ0n) is 14.7. The summed E-state index contributed by atoms with van der Waals surface area (Å²) in [6.07, 6.45) is 0. The summed E-state index contributed by atoms with van der Waals surface area (Å²) >= 11 is 3.85. The second-order valence-corrected chi connectivity index (χ2v) is 8.60. The van der Waals surface area contributed by atoms with E-state index in [0.29, 0.717) is 29.4 Å². The van der Waals surface area contributed by atoms with Crippen molar-refractivity contribution in [2.45, 2.75) is 10.1 Å². The largest absolute Gasteiger partial charge is 0.465 e. The van der Waals surface area contributed by atoms with Crippen molar-refractivity contribution in [2.75, 3.05) is 51.2 Å². The second kappa shape index (κ2) is 8.87. The summed E-state index contributed by atoms with van der Waals surface area (Å²) in [4.78, 5) is 26.6. The van der Waals surface area contributed by atoms with Gasteiger partial charge >= 0.3 is 11.9 Å². The van der Waals surface area contributed by atoms with Crippen LogP contribution in [-0.4, -0.2) is 62.7 Å². The SMILES string of the molecule is COC(=O)c1sc(N)c(C(=O)OC)c1CSc1nnc(N2CCOCC2)s1. The van der Waals surface area contributed by atoms with E-state index < -0.39 is 11.9 Å². The molecule has 0 bridgehead atoms. The fourth-order valence-corrected chi connectivity index (χ4v) is 5.49. The van der Waals surface area contributed by atoms with Crippen LogP contribution in [0, 0.1) is 0 Å². The van der Waals surface area contributed by atoms with Crippen molar-refractivity contribution in [3.05, 3.63) is 16.0 Å². The minimum atomic E-state index is -0.583. The zero-order valence-corrected chi connectivity index (χ0v) is 17.2. The summed E-state index contributed by atoms with van der Waals surface area (Å²) in [7, 11) is 2.56. The highest BCUT2D eigenvalue weighted by Crippen LogP contribution is 2.38. The van der Waals surface area contributed by atoms with Crippen molar-refractivity contribution >= 4 is 56.5 Å². The van der Waals surface area contributed by atoms with Crippen LogP contribution >= 0.6 is 34.4 Å². The van der Waals surface area contributed by atoms with Gasteiger partial charge in [0.1, 0.15) is 9.88 Å². The molecule has 0 aliphatic carbocycles. The maximum absolute atomic E-state index is 12.1. The number of aromatic nitrogens is 2. The fraction of sp³-hybridized carbons (Fsp3) is 0.467. The molecule has 1 fully saturated rings. The van der Waals surface area contributed by atoms with Gasteiger partial charge in [0.15, 0.2) is 4.34 Å². The van der Waals surface area contributed by atoms with Gasteiger partial charge in [0.25, 0.3) is 0 Å². The number of anilines is 2. The van der Waals surface area contributed by atoms with Crippen molar-refractivity contribution in [1.82, 2.24) is 10.2 Å². The Morgan fingerprint density at radius 1 is 1.19 bits per heavy atom. The van der Waals surface area contributed by atoms with E-state index in [-0.39, 0.29) is 10.6 Å². The van der Waals surface area contributed by atoms with Crippen LogP contribution in [0.1, 0.15) is 25.6 Å². The number of esters is 2. The Labute approximate surface area is 167 Å². The van der Waals surface area contributed by atoms with Crippen molar-refractivity contribution in [3.63, 3.8) is 0 Å². The number of rotatable bonds is 6. The van der Waals surface area contributed by atoms with Gasteiger partial charge in [0, 0.05) is 24.4 Å². The van der Waals surface area contributed by atoms with Gasteiger partial charge < -0.3 is 24.8 Å². The van der Waals surface area contributed by atoms with Crippen LogP contribution < -0.4 is 10.6 Å². The molecule has 0 atom stereocenters. The molecule has 12 heteroatoms. The standard InChI is InChI=1S/C15H18N4O5S3/c1-22-12(20)9-8(10(13(21)23-2)26-11(9)16)7-25-15-18-17-14(27-15)19-3-5-24-6-4-19/h3-7,16H2,1-2H3. The predicted octanol–water partition coefficient (Wildman–Crippen LogP) is 1.88. The second-order valence-electron chi connectivity index (χ2n) is 5.37. The number of nitrogens with zero attached hydrogens (tertiary/aromatic N) is 3. The van der Waals surface area contributed by atoms with Gasteiger partial charge in [-0.15, -0.1) is 21.5 Å².